The molecule has 0 unspecified atom stereocenters. The third-order valence-corrected chi connectivity index (χ3v) is 4.56. The molecule has 4 nitrogen and oxygen atoms in total. The number of carbonyl (C=O) groups is 1. The van der Waals surface area contributed by atoms with Crippen molar-refractivity contribution < 1.29 is 4.79 Å². The van der Waals surface area contributed by atoms with E-state index in [1.54, 1.807) is 0 Å². The highest BCUT2D eigenvalue weighted by atomic mass is 79.9. The number of nitrogens with two attached hydrogens (primary N) is 1. The molecule has 1 fully saturated rings. The number of hydrogen-bond donors (Lipinski definition) is 1. The van der Waals surface area contributed by atoms with Gasteiger partial charge in [0, 0.05) is 29.4 Å². The van der Waals surface area contributed by atoms with Crippen LogP contribution in [0.2, 0.25) is 0 Å². The molecule has 0 saturated carbocycles. The molecule has 1 aliphatic rings. The molecule has 1 aromatic heterocycles. The van der Waals surface area contributed by atoms with Gasteiger partial charge >= 0.3 is 0 Å². The minimum atomic E-state index is -0.192. The number of halogens is 1. The SMILES string of the molecule is NC(=O)CC1CCN(c2ccc3cc(Br)ccc3n2)CC1. The van der Waals surface area contributed by atoms with Crippen LogP contribution in [0.1, 0.15) is 19.3 Å². The van der Waals surface area contributed by atoms with Gasteiger partial charge in [0.25, 0.3) is 0 Å². The molecule has 1 aromatic carbocycles. The van der Waals surface area contributed by atoms with Crippen molar-refractivity contribution in [1.82, 2.24) is 4.98 Å². The minimum absolute atomic E-state index is 0.192. The molecule has 2 heterocycles. The van der Waals surface area contributed by atoms with Crippen LogP contribution in [-0.2, 0) is 4.79 Å². The van der Waals surface area contributed by atoms with Crippen molar-refractivity contribution in [3.63, 3.8) is 0 Å². The average molecular weight is 348 g/mol. The zero-order valence-corrected chi connectivity index (χ0v) is 13.3. The van der Waals surface area contributed by atoms with E-state index in [9.17, 15) is 4.79 Å². The van der Waals surface area contributed by atoms with Crippen LogP contribution in [0.4, 0.5) is 5.82 Å². The lowest BCUT2D eigenvalue weighted by Crippen LogP contribution is -2.35. The summed E-state index contributed by atoms with van der Waals surface area (Å²) >= 11 is 3.48. The van der Waals surface area contributed by atoms with E-state index in [0.717, 1.165) is 47.1 Å². The highest BCUT2D eigenvalue weighted by Crippen LogP contribution is 2.26. The minimum Gasteiger partial charge on any atom is -0.370 e. The Kier molecular flexibility index (Phi) is 4.10. The Hall–Kier alpha value is -1.62. The Morgan fingerprint density at radius 2 is 2.05 bits per heavy atom. The van der Waals surface area contributed by atoms with Crippen LogP contribution >= 0.6 is 15.9 Å². The first-order valence-electron chi connectivity index (χ1n) is 7.21. The predicted octanol–water partition coefficient (Wildman–Crippen LogP) is 3.09. The number of hydrogen-bond acceptors (Lipinski definition) is 3. The Balaban J connectivity index is 1.73. The zero-order valence-electron chi connectivity index (χ0n) is 11.8. The van der Waals surface area contributed by atoms with Crippen LogP contribution < -0.4 is 10.6 Å². The van der Waals surface area contributed by atoms with Crippen LogP contribution in [0.3, 0.4) is 0 Å². The second-order valence-electron chi connectivity index (χ2n) is 5.61. The molecule has 2 N–H and O–H groups in total. The fourth-order valence-corrected chi connectivity index (χ4v) is 3.29. The average Bonchev–Trinajstić information content (AvgIpc) is 2.47. The third-order valence-electron chi connectivity index (χ3n) is 4.06. The number of anilines is 1. The number of nitrogens with zero attached hydrogens (tertiary/aromatic N) is 2. The van der Waals surface area contributed by atoms with Gasteiger partial charge in [-0.05, 0) is 49.1 Å². The summed E-state index contributed by atoms with van der Waals surface area (Å²) in [5, 5.41) is 1.14. The molecule has 1 aliphatic heterocycles. The van der Waals surface area contributed by atoms with Crippen LogP contribution in [0.25, 0.3) is 10.9 Å². The Morgan fingerprint density at radius 1 is 1.29 bits per heavy atom. The normalized spacial score (nSPS) is 16.3. The van der Waals surface area contributed by atoms with Crippen molar-refractivity contribution in [1.29, 1.82) is 0 Å². The van der Waals surface area contributed by atoms with Gasteiger partial charge in [-0.3, -0.25) is 4.79 Å². The number of benzene rings is 1. The van der Waals surface area contributed by atoms with Crippen molar-refractivity contribution in [3.05, 3.63) is 34.8 Å². The molecule has 1 saturated heterocycles. The number of fused-ring (bicyclic) bond motifs is 1. The summed E-state index contributed by atoms with van der Waals surface area (Å²) in [5.41, 5.74) is 6.28. The number of primary amides is 1. The van der Waals surface area contributed by atoms with Crippen molar-refractivity contribution >= 4 is 38.6 Å². The van der Waals surface area contributed by atoms with E-state index in [0.29, 0.717) is 12.3 Å². The Labute approximate surface area is 132 Å². The number of pyridine rings is 1. The molecule has 0 spiro atoms. The van der Waals surface area contributed by atoms with E-state index in [1.165, 1.54) is 0 Å². The predicted molar refractivity (Wildman–Crippen MR) is 88.2 cm³/mol. The van der Waals surface area contributed by atoms with Crippen molar-refractivity contribution in [3.8, 4) is 0 Å². The lowest BCUT2D eigenvalue weighted by molar-refractivity contribution is -0.119. The van der Waals surface area contributed by atoms with Crippen LogP contribution in [0, 0.1) is 5.92 Å². The van der Waals surface area contributed by atoms with E-state index in [1.807, 2.05) is 12.1 Å². The fourth-order valence-electron chi connectivity index (χ4n) is 2.91. The van der Waals surface area contributed by atoms with E-state index < -0.39 is 0 Å². The van der Waals surface area contributed by atoms with Gasteiger partial charge in [-0.25, -0.2) is 4.98 Å². The van der Waals surface area contributed by atoms with Gasteiger partial charge in [0.15, 0.2) is 0 Å². The number of aromatic nitrogens is 1. The summed E-state index contributed by atoms with van der Waals surface area (Å²) in [4.78, 5) is 18.0. The zero-order chi connectivity index (χ0) is 14.8. The second-order valence-corrected chi connectivity index (χ2v) is 6.52. The highest BCUT2D eigenvalue weighted by Gasteiger charge is 2.21. The number of piperidine rings is 1. The van der Waals surface area contributed by atoms with Gasteiger partial charge in [-0.2, -0.15) is 0 Å². The summed E-state index contributed by atoms with van der Waals surface area (Å²) in [6, 6.07) is 10.3. The molecular weight excluding hydrogens is 330 g/mol. The summed E-state index contributed by atoms with van der Waals surface area (Å²) < 4.78 is 1.07. The summed E-state index contributed by atoms with van der Waals surface area (Å²) in [6.45, 7) is 1.87. The molecular formula is C16H18BrN3O. The van der Waals surface area contributed by atoms with Crippen LogP contribution in [0.5, 0.6) is 0 Å². The van der Waals surface area contributed by atoms with Crippen LogP contribution in [0.15, 0.2) is 34.8 Å². The smallest absolute Gasteiger partial charge is 0.217 e. The lowest BCUT2D eigenvalue weighted by Gasteiger charge is -2.32. The first-order valence-corrected chi connectivity index (χ1v) is 8.01. The lowest BCUT2D eigenvalue weighted by atomic mass is 9.93. The summed E-state index contributed by atoms with van der Waals surface area (Å²) in [6.07, 6.45) is 2.51. The quantitative estimate of drug-likeness (QED) is 0.927. The summed E-state index contributed by atoms with van der Waals surface area (Å²) in [5.74, 6) is 1.25. The van der Waals surface area contributed by atoms with Gasteiger partial charge in [0.1, 0.15) is 5.82 Å². The fraction of sp³-hybridized carbons (Fsp3) is 0.375. The number of amides is 1. The molecule has 0 aliphatic carbocycles. The maximum Gasteiger partial charge on any atom is 0.217 e. The largest absolute Gasteiger partial charge is 0.370 e. The monoisotopic (exact) mass is 347 g/mol. The molecule has 110 valence electrons. The number of rotatable bonds is 3. The van der Waals surface area contributed by atoms with E-state index in [2.05, 4.69) is 39.0 Å². The van der Waals surface area contributed by atoms with Gasteiger partial charge < -0.3 is 10.6 Å². The Morgan fingerprint density at radius 3 is 2.76 bits per heavy atom. The third kappa shape index (κ3) is 3.35. The van der Waals surface area contributed by atoms with Gasteiger partial charge in [-0.1, -0.05) is 15.9 Å². The van der Waals surface area contributed by atoms with Gasteiger partial charge in [0.2, 0.25) is 5.91 Å². The molecule has 0 radical (unpaired) electrons. The standard InChI is InChI=1S/C16H18BrN3O/c17-13-2-3-14-12(10-13)1-4-16(19-14)20-7-5-11(6-8-20)9-15(18)21/h1-4,10-11H,5-9H2,(H2,18,21). The molecule has 3 rings (SSSR count). The first-order chi connectivity index (χ1) is 10.1. The second kappa shape index (κ2) is 6.02. The molecule has 21 heavy (non-hydrogen) atoms. The molecule has 2 aromatic rings. The molecule has 1 amide bonds. The van der Waals surface area contributed by atoms with Crippen molar-refractivity contribution in [2.45, 2.75) is 19.3 Å². The van der Waals surface area contributed by atoms with Crippen LogP contribution in [-0.4, -0.2) is 24.0 Å². The van der Waals surface area contributed by atoms with E-state index in [-0.39, 0.29) is 5.91 Å². The maximum atomic E-state index is 11.0. The topological polar surface area (TPSA) is 59.2 Å². The first kappa shape index (κ1) is 14.3. The van der Waals surface area contributed by atoms with E-state index in [4.69, 9.17) is 10.7 Å². The summed E-state index contributed by atoms with van der Waals surface area (Å²) in [7, 11) is 0. The maximum absolute atomic E-state index is 11.0. The van der Waals surface area contributed by atoms with Crippen molar-refractivity contribution in [2.24, 2.45) is 11.7 Å². The highest BCUT2D eigenvalue weighted by molar-refractivity contribution is 9.10. The number of carbonyl (C=O) groups excluding carboxylic acids is 1. The Bertz CT molecular complexity index is 666. The molecule has 0 atom stereocenters. The van der Waals surface area contributed by atoms with E-state index >= 15 is 0 Å². The van der Waals surface area contributed by atoms with Crippen molar-refractivity contribution in [2.75, 3.05) is 18.0 Å². The van der Waals surface area contributed by atoms with Gasteiger partial charge in [0.05, 0.1) is 5.52 Å². The molecule has 5 heteroatoms. The molecule has 0 bridgehead atoms. The van der Waals surface area contributed by atoms with Gasteiger partial charge in [-0.15, -0.1) is 0 Å².